The third-order valence-corrected chi connectivity index (χ3v) is 9.17. The minimum absolute atomic E-state index is 0. The van der Waals surface area contributed by atoms with Gasteiger partial charge >= 0.3 is 8.84 Å². The van der Waals surface area contributed by atoms with E-state index in [1.54, 1.807) is 0 Å². The minimum atomic E-state index is -1.94. The van der Waals surface area contributed by atoms with Crippen molar-refractivity contribution in [3.8, 4) is 0 Å². The molecule has 0 amide bonds. The molecule has 0 aromatic heterocycles. The number of hydrogen-bond acceptors (Lipinski definition) is 1. The molecule has 2 aromatic rings. The predicted molar refractivity (Wildman–Crippen MR) is 114 cm³/mol. The van der Waals surface area contributed by atoms with Crippen LogP contribution in [0, 0.1) is 0 Å². The maximum absolute atomic E-state index is 13.6. The zero-order valence-corrected chi connectivity index (χ0v) is 22.2. The summed E-state index contributed by atoms with van der Waals surface area (Å²) in [5, 5.41) is 0. The molecule has 2 aromatic carbocycles. The van der Waals surface area contributed by atoms with Crippen LogP contribution in [0.5, 0.6) is 0 Å². The number of fused-ring (bicyclic) bond motifs is 5. The standard InChI is InChI=1S/C24H28NOSi.2ClH.Ti/c1-24(2,3)25(4,5)27(26)19-15-22-20-12-8-6-10-17(20)14-18-11-7-9-13-21(18)23(22)16-19;;;/h6-13,15-16,19H,14H2,1-5H3;2*1H;/q+1;;;/p-2. The Morgan fingerprint density at radius 3 is 1.63 bits per heavy atom. The molecule has 0 saturated carbocycles. The number of nitrogens with zero attached hydrogens (tertiary/aromatic N) is 1. The third-order valence-electron chi connectivity index (χ3n) is 6.49. The average Bonchev–Trinajstić information content (AvgIpc) is 3.01. The van der Waals surface area contributed by atoms with Gasteiger partial charge < -0.3 is 33.4 Å². The van der Waals surface area contributed by atoms with E-state index in [2.05, 4.69) is 95.5 Å². The van der Waals surface area contributed by atoms with Crippen LogP contribution in [0.25, 0.3) is 11.1 Å². The van der Waals surface area contributed by atoms with Crippen molar-refractivity contribution in [2.75, 3.05) is 14.1 Å². The Morgan fingerprint density at radius 1 is 0.833 bits per heavy atom. The van der Waals surface area contributed by atoms with Crippen LogP contribution in [0.1, 0.15) is 43.0 Å². The van der Waals surface area contributed by atoms with Gasteiger partial charge in [0.2, 0.25) is 0 Å². The summed E-state index contributed by atoms with van der Waals surface area (Å²) in [5.41, 5.74) is 7.73. The number of hydrogen-bond donors (Lipinski definition) is 0. The van der Waals surface area contributed by atoms with Crippen molar-refractivity contribution in [3.63, 3.8) is 0 Å². The molecular weight excluding hydrogens is 465 g/mol. The third kappa shape index (κ3) is 4.53. The Kier molecular flexibility index (Phi) is 8.87. The second-order valence-corrected chi connectivity index (χ2v) is 11.6. The van der Waals surface area contributed by atoms with Crippen molar-refractivity contribution in [2.45, 2.75) is 38.3 Å². The first-order valence-electron chi connectivity index (χ1n) is 9.69. The quantitative estimate of drug-likeness (QED) is 0.504. The van der Waals surface area contributed by atoms with Gasteiger partial charge in [0, 0.05) is 21.7 Å². The molecule has 0 unspecified atom stereocenters. The Morgan fingerprint density at radius 2 is 1.23 bits per heavy atom. The van der Waals surface area contributed by atoms with E-state index in [-0.39, 0.29) is 57.6 Å². The molecule has 0 radical (unpaired) electrons. The van der Waals surface area contributed by atoms with Crippen molar-refractivity contribution in [1.29, 1.82) is 0 Å². The summed E-state index contributed by atoms with van der Waals surface area (Å²) >= 11 is 0. The zero-order valence-electron chi connectivity index (χ0n) is 18.2. The van der Waals surface area contributed by atoms with E-state index in [9.17, 15) is 4.46 Å². The molecule has 0 spiro atoms. The molecule has 2 aliphatic carbocycles. The number of benzene rings is 2. The molecule has 0 saturated heterocycles. The van der Waals surface area contributed by atoms with Crippen molar-refractivity contribution in [3.05, 3.63) is 82.9 Å². The molecule has 0 N–H and O–H groups in total. The van der Waals surface area contributed by atoms with E-state index in [1.807, 2.05) is 0 Å². The first kappa shape index (κ1) is 27.2. The van der Waals surface area contributed by atoms with Gasteiger partial charge in [-0.15, -0.1) is 0 Å². The summed E-state index contributed by atoms with van der Waals surface area (Å²) < 4.78 is 14.2. The second-order valence-electron chi connectivity index (χ2n) is 9.14. The molecule has 0 fully saturated rings. The summed E-state index contributed by atoms with van der Waals surface area (Å²) in [7, 11) is 2.27. The minimum Gasteiger partial charge on any atom is -1.00 e. The van der Waals surface area contributed by atoms with Crippen LogP contribution in [0.2, 0.25) is 5.54 Å². The van der Waals surface area contributed by atoms with E-state index in [0.717, 1.165) is 6.42 Å². The SMILES string of the molecule is CC(C)(C)[N+](C)(C)[Si](=O)C1C=C2C(=C1)c1ccccc1Cc1ccccc12.[Cl-].[Cl-].[Ti]. The van der Waals surface area contributed by atoms with E-state index >= 15 is 0 Å². The maximum Gasteiger partial charge on any atom is 0.564 e. The topological polar surface area (TPSA) is 17.1 Å². The largest absolute Gasteiger partial charge is 1.00 e. The Hall–Kier alpha value is -0.809. The van der Waals surface area contributed by atoms with E-state index in [1.165, 1.54) is 33.4 Å². The molecule has 158 valence electrons. The first-order chi connectivity index (χ1) is 12.7. The fourth-order valence-corrected chi connectivity index (χ4v) is 6.01. The van der Waals surface area contributed by atoms with E-state index in [4.69, 9.17) is 0 Å². The Bertz CT molecular complexity index is 947. The van der Waals surface area contributed by atoms with Gasteiger partial charge in [0.05, 0.1) is 25.2 Å². The van der Waals surface area contributed by atoms with Crippen molar-refractivity contribution in [1.82, 2.24) is 0 Å². The van der Waals surface area contributed by atoms with Crippen LogP contribution in [-0.2, 0) is 32.6 Å². The van der Waals surface area contributed by atoms with E-state index < -0.39 is 8.84 Å². The summed E-state index contributed by atoms with van der Waals surface area (Å²) in [6.07, 6.45) is 5.48. The van der Waals surface area contributed by atoms with Crippen LogP contribution in [-0.4, -0.2) is 32.6 Å². The molecule has 30 heavy (non-hydrogen) atoms. The smallest absolute Gasteiger partial charge is 0.564 e. The van der Waals surface area contributed by atoms with Crippen molar-refractivity contribution in [2.24, 2.45) is 0 Å². The monoisotopic (exact) mass is 492 g/mol. The molecule has 0 heterocycles. The number of allylic oxidation sites excluding steroid dienone is 4. The first-order valence-corrected chi connectivity index (χ1v) is 11.1. The summed E-state index contributed by atoms with van der Waals surface area (Å²) in [5.74, 6) is 0. The molecule has 4 rings (SSSR count). The summed E-state index contributed by atoms with van der Waals surface area (Å²) in [4.78, 5) is 0. The Balaban J connectivity index is 0.00000150. The fourth-order valence-electron chi connectivity index (χ4n) is 3.98. The molecule has 2 aliphatic rings. The summed E-state index contributed by atoms with van der Waals surface area (Å²) in [6.45, 7) is 6.52. The Labute approximate surface area is 209 Å². The van der Waals surface area contributed by atoms with Crippen molar-refractivity contribution >= 4 is 20.0 Å². The van der Waals surface area contributed by atoms with E-state index in [0.29, 0.717) is 4.15 Å². The molecular formula is C24H28Cl2NOSiTi-. The van der Waals surface area contributed by atoms with Gasteiger partial charge in [-0.2, -0.15) is 0 Å². The predicted octanol–water partition coefficient (Wildman–Crippen LogP) is -0.759. The van der Waals surface area contributed by atoms with Gasteiger partial charge in [0.25, 0.3) is 0 Å². The van der Waals surface area contributed by atoms with Gasteiger partial charge in [0.1, 0.15) is 0 Å². The number of quaternary nitrogens is 1. The van der Waals surface area contributed by atoms with Crippen LogP contribution < -0.4 is 24.8 Å². The van der Waals surface area contributed by atoms with Gasteiger partial charge in [-0.1, -0.05) is 60.7 Å². The van der Waals surface area contributed by atoms with Gasteiger partial charge in [0.15, 0.2) is 0 Å². The molecule has 6 heteroatoms. The summed E-state index contributed by atoms with van der Waals surface area (Å²) in [6, 6.07) is 17.3. The zero-order chi connectivity index (χ0) is 19.4. The van der Waals surface area contributed by atoms with Crippen molar-refractivity contribution < 1.29 is 55.1 Å². The molecule has 0 bridgehead atoms. The van der Waals surface area contributed by atoms with Gasteiger partial charge in [-0.25, -0.2) is 0 Å². The molecule has 2 nitrogen and oxygen atoms in total. The number of rotatable bonds is 2. The van der Waals surface area contributed by atoms with Crippen LogP contribution >= 0.6 is 0 Å². The average molecular weight is 493 g/mol. The fraction of sp³-hybridized carbons (Fsp3) is 0.333. The van der Waals surface area contributed by atoms with Gasteiger partial charge in [-0.05, 0) is 60.6 Å². The van der Waals surface area contributed by atoms with Crippen LogP contribution in [0.3, 0.4) is 0 Å². The molecule has 0 atom stereocenters. The molecule has 0 aliphatic heterocycles. The second kappa shape index (κ2) is 9.77. The van der Waals surface area contributed by atoms with Gasteiger partial charge in [-0.3, -0.25) is 0 Å². The van der Waals surface area contributed by atoms with Crippen LogP contribution in [0.4, 0.5) is 0 Å². The maximum atomic E-state index is 13.6. The normalized spacial score (nSPS) is 15.0. The number of halogens is 2. The van der Waals surface area contributed by atoms with Crippen LogP contribution in [0.15, 0.2) is 60.7 Å².